The Balaban J connectivity index is 2.09. The standard InChI is InChI=1S/C18H35NO/c1-13-8-10-18(11-9-13,19(4)5)17(20)16-7-6-14(2)15(3)12-16/h13-17,20H,6-12H2,1-5H3. The second-order valence-corrected chi connectivity index (χ2v) is 8.15. The van der Waals surface area contributed by atoms with Crippen LogP contribution in [0.1, 0.15) is 65.7 Å². The summed E-state index contributed by atoms with van der Waals surface area (Å²) in [5.74, 6) is 2.95. The number of hydrogen-bond acceptors (Lipinski definition) is 2. The van der Waals surface area contributed by atoms with Gasteiger partial charge in [0.15, 0.2) is 0 Å². The molecule has 0 bridgehead atoms. The quantitative estimate of drug-likeness (QED) is 0.847. The van der Waals surface area contributed by atoms with Gasteiger partial charge < -0.3 is 10.0 Å². The SMILES string of the molecule is CC1CCC(C(O)C2CCC(C)C(C)C2)(N(C)C)CC1. The number of likely N-dealkylation sites (N-methyl/N-ethyl adjacent to an activating group) is 1. The molecule has 2 rings (SSSR count). The minimum absolute atomic E-state index is 0.0392. The van der Waals surface area contributed by atoms with Crippen molar-refractivity contribution in [2.75, 3.05) is 14.1 Å². The average Bonchev–Trinajstić information content (AvgIpc) is 2.42. The number of nitrogens with zero attached hydrogens (tertiary/aromatic N) is 1. The van der Waals surface area contributed by atoms with E-state index >= 15 is 0 Å². The highest BCUT2D eigenvalue weighted by Gasteiger charge is 2.46. The molecule has 2 saturated carbocycles. The second kappa shape index (κ2) is 6.36. The van der Waals surface area contributed by atoms with Crippen LogP contribution in [-0.4, -0.2) is 35.7 Å². The fourth-order valence-corrected chi connectivity index (χ4v) is 4.58. The van der Waals surface area contributed by atoms with Crippen LogP contribution in [0.2, 0.25) is 0 Å². The molecule has 0 aromatic rings. The predicted molar refractivity (Wildman–Crippen MR) is 85.7 cm³/mol. The molecule has 0 spiro atoms. The highest BCUT2D eigenvalue weighted by Crippen LogP contribution is 2.44. The third-order valence-electron chi connectivity index (χ3n) is 6.67. The first-order chi connectivity index (χ1) is 9.36. The fraction of sp³-hybridized carbons (Fsp3) is 1.00. The molecular formula is C18H35NO. The number of rotatable bonds is 3. The maximum atomic E-state index is 11.2. The Morgan fingerprint density at radius 3 is 2.05 bits per heavy atom. The maximum absolute atomic E-state index is 11.2. The first kappa shape index (κ1) is 16.3. The van der Waals surface area contributed by atoms with Crippen molar-refractivity contribution in [3.63, 3.8) is 0 Å². The largest absolute Gasteiger partial charge is 0.391 e. The van der Waals surface area contributed by atoms with Crippen molar-refractivity contribution in [2.45, 2.75) is 77.4 Å². The van der Waals surface area contributed by atoms with Crippen molar-refractivity contribution < 1.29 is 5.11 Å². The van der Waals surface area contributed by atoms with Crippen LogP contribution in [0.4, 0.5) is 0 Å². The van der Waals surface area contributed by atoms with Gasteiger partial charge in [0.1, 0.15) is 0 Å². The van der Waals surface area contributed by atoms with Crippen molar-refractivity contribution >= 4 is 0 Å². The third kappa shape index (κ3) is 3.06. The summed E-state index contributed by atoms with van der Waals surface area (Å²) in [6, 6.07) is 0. The van der Waals surface area contributed by atoms with Crippen molar-refractivity contribution in [1.29, 1.82) is 0 Å². The predicted octanol–water partition coefficient (Wildman–Crippen LogP) is 3.93. The summed E-state index contributed by atoms with van der Waals surface area (Å²) >= 11 is 0. The summed E-state index contributed by atoms with van der Waals surface area (Å²) in [6.07, 6.45) is 8.47. The van der Waals surface area contributed by atoms with Gasteiger partial charge in [0.05, 0.1) is 6.10 Å². The Morgan fingerprint density at radius 1 is 0.950 bits per heavy atom. The van der Waals surface area contributed by atoms with Gasteiger partial charge in [-0.2, -0.15) is 0 Å². The van der Waals surface area contributed by atoms with Gasteiger partial charge in [-0.3, -0.25) is 0 Å². The molecule has 118 valence electrons. The van der Waals surface area contributed by atoms with E-state index in [0.29, 0.717) is 5.92 Å². The molecular weight excluding hydrogens is 246 g/mol. The molecule has 2 nitrogen and oxygen atoms in total. The van der Waals surface area contributed by atoms with E-state index in [2.05, 4.69) is 39.8 Å². The maximum Gasteiger partial charge on any atom is 0.0751 e. The van der Waals surface area contributed by atoms with E-state index in [4.69, 9.17) is 0 Å². The first-order valence-electron chi connectivity index (χ1n) is 8.72. The molecule has 0 radical (unpaired) electrons. The van der Waals surface area contributed by atoms with Crippen LogP contribution < -0.4 is 0 Å². The van der Waals surface area contributed by atoms with E-state index in [1.807, 2.05) is 0 Å². The third-order valence-corrected chi connectivity index (χ3v) is 6.67. The summed E-state index contributed by atoms with van der Waals surface area (Å²) in [6.45, 7) is 7.10. The Kier molecular flexibility index (Phi) is 5.18. The Labute approximate surface area is 125 Å². The summed E-state index contributed by atoms with van der Waals surface area (Å²) in [5, 5.41) is 11.2. The van der Waals surface area contributed by atoms with Crippen molar-refractivity contribution in [3.8, 4) is 0 Å². The molecule has 0 amide bonds. The van der Waals surface area contributed by atoms with Crippen LogP contribution in [0, 0.1) is 23.7 Å². The lowest BCUT2D eigenvalue weighted by atomic mass is 9.65. The Morgan fingerprint density at radius 2 is 1.55 bits per heavy atom. The van der Waals surface area contributed by atoms with Gasteiger partial charge in [0.2, 0.25) is 0 Å². The van der Waals surface area contributed by atoms with E-state index in [0.717, 1.165) is 17.8 Å². The van der Waals surface area contributed by atoms with Gasteiger partial charge in [-0.15, -0.1) is 0 Å². The molecule has 1 N–H and O–H groups in total. The van der Waals surface area contributed by atoms with Crippen LogP contribution in [0.5, 0.6) is 0 Å². The highest BCUT2D eigenvalue weighted by atomic mass is 16.3. The van der Waals surface area contributed by atoms with Gasteiger partial charge >= 0.3 is 0 Å². The minimum Gasteiger partial charge on any atom is -0.391 e. The van der Waals surface area contributed by atoms with Gasteiger partial charge in [0.25, 0.3) is 0 Å². The average molecular weight is 281 g/mol. The Hall–Kier alpha value is -0.0800. The molecule has 0 aromatic heterocycles. The zero-order valence-corrected chi connectivity index (χ0v) is 14.2. The lowest BCUT2D eigenvalue weighted by molar-refractivity contribution is -0.0817. The minimum atomic E-state index is -0.139. The monoisotopic (exact) mass is 281 g/mol. The van der Waals surface area contributed by atoms with Gasteiger partial charge in [-0.05, 0) is 76.3 Å². The van der Waals surface area contributed by atoms with E-state index in [1.165, 1.54) is 44.9 Å². The van der Waals surface area contributed by atoms with Crippen LogP contribution in [-0.2, 0) is 0 Å². The number of aliphatic hydroxyl groups excluding tert-OH is 1. The Bertz CT molecular complexity index is 307. The molecule has 0 heterocycles. The van der Waals surface area contributed by atoms with Gasteiger partial charge in [-0.25, -0.2) is 0 Å². The molecule has 20 heavy (non-hydrogen) atoms. The summed E-state index contributed by atoms with van der Waals surface area (Å²) in [5.41, 5.74) is 0.0392. The summed E-state index contributed by atoms with van der Waals surface area (Å²) in [7, 11) is 4.35. The molecule has 2 aliphatic rings. The van der Waals surface area contributed by atoms with Gasteiger partial charge in [-0.1, -0.05) is 27.2 Å². The summed E-state index contributed by atoms with van der Waals surface area (Å²) in [4.78, 5) is 2.34. The van der Waals surface area contributed by atoms with E-state index in [1.54, 1.807) is 0 Å². The molecule has 2 heteroatoms. The summed E-state index contributed by atoms with van der Waals surface area (Å²) < 4.78 is 0. The molecule has 4 atom stereocenters. The normalized spacial score (nSPS) is 44.5. The van der Waals surface area contributed by atoms with E-state index in [9.17, 15) is 5.11 Å². The lowest BCUT2D eigenvalue weighted by Crippen LogP contribution is -2.58. The molecule has 0 aromatic carbocycles. The van der Waals surface area contributed by atoms with Crippen molar-refractivity contribution in [2.24, 2.45) is 23.7 Å². The van der Waals surface area contributed by atoms with Gasteiger partial charge in [0, 0.05) is 5.54 Å². The molecule has 0 aliphatic heterocycles. The topological polar surface area (TPSA) is 23.5 Å². The number of hydrogen-bond donors (Lipinski definition) is 1. The second-order valence-electron chi connectivity index (χ2n) is 8.15. The lowest BCUT2D eigenvalue weighted by Gasteiger charge is -2.51. The van der Waals surface area contributed by atoms with Crippen LogP contribution in [0.15, 0.2) is 0 Å². The van der Waals surface area contributed by atoms with Crippen LogP contribution in [0.25, 0.3) is 0 Å². The fourth-order valence-electron chi connectivity index (χ4n) is 4.58. The van der Waals surface area contributed by atoms with Crippen molar-refractivity contribution in [1.82, 2.24) is 4.90 Å². The molecule has 0 saturated heterocycles. The van der Waals surface area contributed by atoms with E-state index < -0.39 is 0 Å². The first-order valence-corrected chi connectivity index (χ1v) is 8.72. The molecule has 2 aliphatic carbocycles. The highest BCUT2D eigenvalue weighted by molar-refractivity contribution is 5.01. The number of aliphatic hydroxyl groups is 1. The van der Waals surface area contributed by atoms with Crippen LogP contribution >= 0.6 is 0 Å². The zero-order valence-electron chi connectivity index (χ0n) is 14.2. The zero-order chi connectivity index (χ0) is 14.9. The van der Waals surface area contributed by atoms with E-state index in [-0.39, 0.29) is 11.6 Å². The van der Waals surface area contributed by atoms with Crippen molar-refractivity contribution in [3.05, 3.63) is 0 Å². The van der Waals surface area contributed by atoms with Crippen LogP contribution in [0.3, 0.4) is 0 Å². The molecule has 2 fully saturated rings. The smallest absolute Gasteiger partial charge is 0.0751 e. The molecule has 4 unspecified atom stereocenters.